The zero-order valence-corrected chi connectivity index (χ0v) is 18.9. The van der Waals surface area contributed by atoms with E-state index in [1.807, 2.05) is 6.07 Å². The number of hydroxylamine groups is 1. The van der Waals surface area contributed by atoms with E-state index in [-0.39, 0.29) is 18.9 Å². The minimum absolute atomic E-state index is 0.0333. The molecule has 1 aromatic heterocycles. The van der Waals surface area contributed by atoms with E-state index in [0.29, 0.717) is 24.4 Å². The topological polar surface area (TPSA) is 102 Å². The van der Waals surface area contributed by atoms with Crippen molar-refractivity contribution in [2.45, 2.75) is 50.2 Å². The molecule has 0 spiro atoms. The van der Waals surface area contributed by atoms with Crippen molar-refractivity contribution >= 4 is 48.9 Å². The zero-order chi connectivity index (χ0) is 20.5. The largest absolute Gasteiger partial charge is 0.350 e. The van der Waals surface area contributed by atoms with Gasteiger partial charge in [0.2, 0.25) is 0 Å². The first-order chi connectivity index (χ1) is 13.1. The van der Waals surface area contributed by atoms with Crippen molar-refractivity contribution in [1.82, 2.24) is 10.4 Å². The van der Waals surface area contributed by atoms with Crippen LogP contribution < -0.4 is 5.48 Å². The Morgan fingerprint density at radius 3 is 2.86 bits per heavy atom. The molecular formula is C17H23BrN2O6S2. The Hall–Kier alpha value is -1.01. The summed E-state index contributed by atoms with van der Waals surface area (Å²) in [5.74, 6) is -0.901. The highest BCUT2D eigenvalue weighted by molar-refractivity contribution is 9.11. The summed E-state index contributed by atoms with van der Waals surface area (Å²) in [6.07, 6.45) is 2.90. The number of halogens is 1. The highest BCUT2D eigenvalue weighted by Gasteiger charge is 2.45. The molecule has 11 heteroatoms. The second kappa shape index (κ2) is 8.39. The van der Waals surface area contributed by atoms with Crippen LogP contribution in [0.2, 0.25) is 0 Å². The number of thiophene rings is 1. The van der Waals surface area contributed by atoms with Gasteiger partial charge in [-0.15, -0.1) is 11.3 Å². The Balaban J connectivity index is 1.63. The van der Waals surface area contributed by atoms with Gasteiger partial charge in [0.25, 0.3) is 11.8 Å². The van der Waals surface area contributed by atoms with Crippen molar-refractivity contribution in [2.24, 2.45) is 0 Å². The van der Waals surface area contributed by atoms with Crippen LogP contribution in [0.15, 0.2) is 9.85 Å². The summed E-state index contributed by atoms with van der Waals surface area (Å²) in [5, 5.41) is 0. The van der Waals surface area contributed by atoms with Crippen molar-refractivity contribution in [2.75, 3.05) is 19.4 Å². The van der Waals surface area contributed by atoms with Crippen molar-refractivity contribution in [3.63, 3.8) is 0 Å². The van der Waals surface area contributed by atoms with Gasteiger partial charge < -0.3 is 9.64 Å². The molecule has 1 saturated heterocycles. The number of hydrogen-bond acceptors (Lipinski definition) is 7. The van der Waals surface area contributed by atoms with E-state index in [1.54, 1.807) is 4.90 Å². The van der Waals surface area contributed by atoms with Crippen LogP contribution in [-0.4, -0.2) is 55.6 Å². The Labute approximate surface area is 176 Å². The molecule has 8 nitrogen and oxygen atoms in total. The standard InChI is InChI=1S/C17H23BrN2O6S2/c1-17(28(2,23)24,16(22)19-26-13-5-3-4-8-25-13)6-7-20-10-11-9-12(18)27-14(11)15(20)21/h9,13H,3-8,10H2,1-2H3,(H,19,22)/t13?,17-/m1/s1. The lowest BCUT2D eigenvalue weighted by Crippen LogP contribution is -2.52. The minimum Gasteiger partial charge on any atom is -0.350 e. The second-order valence-corrected chi connectivity index (χ2v) is 12.1. The number of nitrogens with zero attached hydrogens (tertiary/aromatic N) is 1. The van der Waals surface area contributed by atoms with E-state index in [4.69, 9.17) is 9.57 Å². The van der Waals surface area contributed by atoms with Crippen LogP contribution in [-0.2, 0) is 30.8 Å². The molecule has 2 aliphatic heterocycles. The molecule has 1 aromatic rings. The predicted octanol–water partition coefficient (Wildman–Crippen LogP) is 2.23. The maximum Gasteiger partial charge on any atom is 0.264 e. The fraction of sp³-hybridized carbons (Fsp3) is 0.647. The Bertz CT molecular complexity index is 865. The Kier molecular flexibility index (Phi) is 6.50. The average Bonchev–Trinajstić information content (AvgIpc) is 3.14. The Morgan fingerprint density at radius 1 is 1.50 bits per heavy atom. The zero-order valence-electron chi connectivity index (χ0n) is 15.7. The van der Waals surface area contributed by atoms with E-state index in [0.717, 1.165) is 28.4 Å². The number of carbonyl (C=O) groups is 2. The predicted molar refractivity (Wildman–Crippen MR) is 107 cm³/mol. The summed E-state index contributed by atoms with van der Waals surface area (Å²) >= 11 is 4.71. The van der Waals surface area contributed by atoms with Gasteiger partial charge in [-0.1, -0.05) is 0 Å². The van der Waals surface area contributed by atoms with E-state index in [1.165, 1.54) is 18.3 Å². The number of hydrogen-bond donors (Lipinski definition) is 1. The fourth-order valence-corrected chi connectivity index (χ4v) is 5.61. The quantitative estimate of drug-likeness (QED) is 0.583. The average molecular weight is 495 g/mol. The Morgan fingerprint density at radius 2 is 2.25 bits per heavy atom. The second-order valence-electron chi connectivity index (χ2n) is 7.23. The maximum atomic E-state index is 12.7. The monoisotopic (exact) mass is 494 g/mol. The molecule has 2 aliphatic rings. The molecule has 0 aliphatic carbocycles. The SMILES string of the molecule is C[C@@](CCN1Cc2cc(Br)sc2C1=O)(C(=O)NOC1CCCCO1)S(C)(=O)=O. The van der Waals surface area contributed by atoms with Crippen molar-refractivity contribution in [3.8, 4) is 0 Å². The van der Waals surface area contributed by atoms with Gasteiger partial charge in [-0.2, -0.15) is 0 Å². The molecule has 0 bridgehead atoms. The van der Waals surface area contributed by atoms with Gasteiger partial charge in [-0.25, -0.2) is 18.7 Å². The number of amides is 2. The molecule has 28 heavy (non-hydrogen) atoms. The van der Waals surface area contributed by atoms with Crippen molar-refractivity contribution < 1.29 is 27.6 Å². The summed E-state index contributed by atoms with van der Waals surface area (Å²) < 4.78 is 29.3. The molecule has 0 radical (unpaired) electrons. The first-order valence-electron chi connectivity index (χ1n) is 8.96. The van der Waals surface area contributed by atoms with Crippen LogP contribution in [0.1, 0.15) is 47.8 Å². The molecular weight excluding hydrogens is 472 g/mol. The molecule has 0 aromatic carbocycles. The van der Waals surface area contributed by atoms with E-state index >= 15 is 0 Å². The number of rotatable bonds is 7. The molecule has 1 fully saturated rings. The molecule has 156 valence electrons. The first-order valence-corrected chi connectivity index (χ1v) is 12.5. The molecule has 3 rings (SSSR count). The molecule has 0 saturated carbocycles. The summed E-state index contributed by atoms with van der Waals surface area (Å²) in [5.41, 5.74) is 3.16. The van der Waals surface area contributed by atoms with Crippen molar-refractivity contribution in [1.29, 1.82) is 0 Å². The van der Waals surface area contributed by atoms with Gasteiger partial charge in [0.1, 0.15) is 0 Å². The lowest BCUT2D eigenvalue weighted by Gasteiger charge is -2.29. The summed E-state index contributed by atoms with van der Waals surface area (Å²) in [6.45, 7) is 2.45. The first kappa shape index (κ1) is 21.7. The lowest BCUT2D eigenvalue weighted by molar-refractivity contribution is -0.201. The lowest BCUT2D eigenvalue weighted by atomic mass is 10.1. The van der Waals surface area contributed by atoms with Gasteiger partial charge in [0.15, 0.2) is 20.9 Å². The van der Waals surface area contributed by atoms with Crippen LogP contribution in [0.25, 0.3) is 0 Å². The smallest absolute Gasteiger partial charge is 0.264 e. The number of nitrogens with one attached hydrogen (secondary N) is 1. The van der Waals surface area contributed by atoms with E-state index in [2.05, 4.69) is 21.4 Å². The number of sulfone groups is 1. The van der Waals surface area contributed by atoms with Crippen LogP contribution in [0.5, 0.6) is 0 Å². The van der Waals surface area contributed by atoms with Gasteiger partial charge in [0, 0.05) is 32.4 Å². The van der Waals surface area contributed by atoms with Crippen LogP contribution in [0.3, 0.4) is 0 Å². The fourth-order valence-electron chi connectivity index (χ4n) is 3.14. The molecule has 3 heterocycles. The summed E-state index contributed by atoms with van der Waals surface area (Å²) in [6, 6.07) is 1.89. The van der Waals surface area contributed by atoms with Gasteiger partial charge in [0.05, 0.1) is 8.66 Å². The number of ether oxygens (including phenoxy) is 1. The highest BCUT2D eigenvalue weighted by Crippen LogP contribution is 2.34. The third-order valence-corrected chi connectivity index (χ3v) is 8.89. The number of carbonyl (C=O) groups excluding carboxylic acids is 2. The maximum absolute atomic E-state index is 12.7. The van der Waals surface area contributed by atoms with Gasteiger partial charge in [-0.3, -0.25) is 9.59 Å². The van der Waals surface area contributed by atoms with Crippen LogP contribution in [0.4, 0.5) is 0 Å². The third kappa shape index (κ3) is 4.43. The van der Waals surface area contributed by atoms with Crippen LogP contribution in [0, 0.1) is 0 Å². The van der Waals surface area contributed by atoms with Gasteiger partial charge >= 0.3 is 0 Å². The van der Waals surface area contributed by atoms with Crippen LogP contribution >= 0.6 is 27.3 Å². The minimum atomic E-state index is -3.76. The normalized spacial score (nSPS) is 22.0. The molecule has 2 atom stereocenters. The van der Waals surface area contributed by atoms with E-state index < -0.39 is 26.8 Å². The number of fused-ring (bicyclic) bond motifs is 1. The highest BCUT2D eigenvalue weighted by atomic mass is 79.9. The molecule has 2 amide bonds. The molecule has 1 unspecified atom stereocenters. The summed E-state index contributed by atoms with van der Waals surface area (Å²) in [7, 11) is -3.76. The third-order valence-electron chi connectivity index (χ3n) is 5.20. The van der Waals surface area contributed by atoms with Gasteiger partial charge in [-0.05, 0) is 53.7 Å². The van der Waals surface area contributed by atoms with E-state index in [9.17, 15) is 18.0 Å². The molecule has 1 N–H and O–H groups in total. The van der Waals surface area contributed by atoms with Crippen molar-refractivity contribution in [3.05, 3.63) is 20.3 Å². The summed E-state index contributed by atoms with van der Waals surface area (Å²) in [4.78, 5) is 32.7.